The van der Waals surface area contributed by atoms with Crippen molar-refractivity contribution in [1.29, 1.82) is 0 Å². The van der Waals surface area contributed by atoms with Crippen LogP contribution in [0.4, 0.5) is 5.69 Å². The molecule has 18 heavy (non-hydrogen) atoms. The van der Waals surface area contributed by atoms with Crippen LogP contribution in [0.5, 0.6) is 0 Å². The number of nitrogens with one attached hydrogen (secondary N) is 2. The van der Waals surface area contributed by atoms with Crippen LogP contribution in [0, 0.1) is 0 Å². The minimum absolute atomic E-state index is 0.738. The third-order valence-corrected chi connectivity index (χ3v) is 3.03. The molecule has 2 rings (SSSR count). The van der Waals surface area contributed by atoms with Crippen LogP contribution >= 0.6 is 23.2 Å². The predicted octanol–water partition coefficient (Wildman–Crippen LogP) is 4.15. The summed E-state index contributed by atoms with van der Waals surface area (Å²) in [7, 11) is 0. The van der Waals surface area contributed by atoms with E-state index in [2.05, 4.69) is 10.9 Å². The van der Waals surface area contributed by atoms with Gasteiger partial charge in [-0.05, 0) is 48.4 Å². The highest BCUT2D eigenvalue weighted by Gasteiger charge is 1.94. The molecule has 0 fully saturated rings. The first-order valence-corrected chi connectivity index (χ1v) is 6.48. The quantitative estimate of drug-likeness (QED) is 0.635. The molecule has 0 unspecified atom stereocenters. The van der Waals surface area contributed by atoms with Crippen molar-refractivity contribution in [2.45, 2.75) is 6.42 Å². The molecule has 0 atom stereocenters. The van der Waals surface area contributed by atoms with Gasteiger partial charge in [-0.3, -0.25) is 0 Å². The highest BCUT2D eigenvalue weighted by Crippen LogP contribution is 2.12. The first-order chi connectivity index (χ1) is 8.74. The number of hydrogen-bond donors (Lipinski definition) is 2. The molecular formula is C14H14Cl2N2. The molecule has 0 aromatic heterocycles. The Morgan fingerprint density at radius 3 is 1.94 bits per heavy atom. The molecule has 0 heterocycles. The van der Waals surface area contributed by atoms with Gasteiger partial charge in [0.15, 0.2) is 0 Å². The van der Waals surface area contributed by atoms with Gasteiger partial charge < -0.3 is 5.43 Å². The second kappa shape index (κ2) is 6.64. The van der Waals surface area contributed by atoms with Crippen molar-refractivity contribution in [3.05, 3.63) is 64.1 Å². The summed E-state index contributed by atoms with van der Waals surface area (Å²) in [5.41, 5.74) is 8.53. The van der Waals surface area contributed by atoms with E-state index in [4.69, 9.17) is 23.2 Å². The fourth-order valence-corrected chi connectivity index (χ4v) is 1.81. The summed E-state index contributed by atoms with van der Waals surface area (Å²) < 4.78 is 0. The molecule has 0 aliphatic rings. The summed E-state index contributed by atoms with van der Waals surface area (Å²) in [6.45, 7) is 0.838. The molecular weight excluding hydrogens is 267 g/mol. The molecule has 0 bridgehead atoms. The van der Waals surface area contributed by atoms with Gasteiger partial charge in [-0.2, -0.15) is 0 Å². The summed E-state index contributed by atoms with van der Waals surface area (Å²) in [5, 5.41) is 1.51. The van der Waals surface area contributed by atoms with E-state index in [1.54, 1.807) is 0 Å². The molecule has 2 nitrogen and oxygen atoms in total. The van der Waals surface area contributed by atoms with Crippen LogP contribution in [0.15, 0.2) is 48.5 Å². The van der Waals surface area contributed by atoms with Crippen molar-refractivity contribution in [2.75, 3.05) is 12.0 Å². The van der Waals surface area contributed by atoms with E-state index in [0.29, 0.717) is 0 Å². The van der Waals surface area contributed by atoms with Gasteiger partial charge in [0.25, 0.3) is 0 Å². The standard InChI is InChI=1S/C14H14Cl2N2/c15-12-3-1-11(2-4-12)9-10-17-18-14-7-5-13(16)6-8-14/h1-8,17-18H,9-10H2. The SMILES string of the molecule is Clc1ccc(CCNNc2ccc(Cl)cc2)cc1. The smallest absolute Gasteiger partial charge is 0.0488 e. The first kappa shape index (κ1) is 13.2. The Bertz CT molecular complexity index is 433. The molecule has 2 N–H and O–H groups in total. The van der Waals surface area contributed by atoms with Crippen molar-refractivity contribution < 1.29 is 0 Å². The third kappa shape index (κ3) is 4.22. The van der Waals surface area contributed by atoms with Crippen molar-refractivity contribution in [3.8, 4) is 0 Å². The number of hydrazine groups is 1. The molecule has 94 valence electrons. The average molecular weight is 281 g/mol. The minimum atomic E-state index is 0.738. The first-order valence-electron chi connectivity index (χ1n) is 5.73. The van der Waals surface area contributed by atoms with Gasteiger partial charge >= 0.3 is 0 Å². The van der Waals surface area contributed by atoms with Crippen molar-refractivity contribution in [1.82, 2.24) is 5.43 Å². The molecule has 4 heteroatoms. The molecule has 0 saturated carbocycles. The Hall–Kier alpha value is -1.22. The van der Waals surface area contributed by atoms with Crippen LogP contribution in [0.3, 0.4) is 0 Å². The van der Waals surface area contributed by atoms with Crippen LogP contribution in [0.2, 0.25) is 10.0 Å². The molecule has 0 saturated heterocycles. The minimum Gasteiger partial charge on any atom is -0.321 e. The third-order valence-electron chi connectivity index (χ3n) is 2.53. The maximum absolute atomic E-state index is 5.83. The van der Waals surface area contributed by atoms with E-state index in [-0.39, 0.29) is 0 Å². The molecule has 2 aromatic carbocycles. The topological polar surface area (TPSA) is 24.1 Å². The highest BCUT2D eigenvalue weighted by atomic mass is 35.5. The van der Waals surface area contributed by atoms with Gasteiger partial charge in [-0.15, -0.1) is 0 Å². The van der Waals surface area contributed by atoms with Crippen molar-refractivity contribution in [3.63, 3.8) is 0 Å². The van der Waals surface area contributed by atoms with Crippen LogP contribution in [-0.2, 0) is 6.42 Å². The van der Waals surface area contributed by atoms with Crippen molar-refractivity contribution in [2.24, 2.45) is 0 Å². The normalized spacial score (nSPS) is 10.3. The summed E-state index contributed by atoms with van der Waals surface area (Å²) >= 11 is 11.6. The summed E-state index contributed by atoms with van der Waals surface area (Å²) in [6, 6.07) is 15.4. The maximum atomic E-state index is 5.83. The van der Waals surface area contributed by atoms with Gasteiger partial charge in [-0.1, -0.05) is 35.3 Å². The number of rotatable bonds is 5. The number of benzene rings is 2. The van der Waals surface area contributed by atoms with Gasteiger partial charge in [-0.25, -0.2) is 5.43 Å². The van der Waals surface area contributed by atoms with E-state index >= 15 is 0 Å². The van der Waals surface area contributed by atoms with Crippen LogP contribution in [0.25, 0.3) is 0 Å². The lowest BCUT2D eigenvalue weighted by Gasteiger charge is -2.08. The summed E-state index contributed by atoms with van der Waals surface area (Å²) in [6.07, 6.45) is 0.942. The zero-order chi connectivity index (χ0) is 12.8. The summed E-state index contributed by atoms with van der Waals surface area (Å²) in [5.74, 6) is 0. The molecule has 0 radical (unpaired) electrons. The second-order valence-electron chi connectivity index (χ2n) is 3.94. The predicted molar refractivity (Wildman–Crippen MR) is 78.2 cm³/mol. The molecule has 0 spiro atoms. The average Bonchev–Trinajstić information content (AvgIpc) is 2.39. The number of hydrogen-bond acceptors (Lipinski definition) is 2. The Balaban J connectivity index is 1.73. The number of halogens is 2. The largest absolute Gasteiger partial charge is 0.321 e. The van der Waals surface area contributed by atoms with Crippen molar-refractivity contribution >= 4 is 28.9 Å². The molecule has 0 aliphatic carbocycles. The fourth-order valence-electron chi connectivity index (χ4n) is 1.56. The maximum Gasteiger partial charge on any atom is 0.0488 e. The van der Waals surface area contributed by atoms with Crippen LogP contribution < -0.4 is 10.9 Å². The van der Waals surface area contributed by atoms with Gasteiger partial charge in [0.05, 0.1) is 0 Å². The molecule has 0 amide bonds. The van der Waals surface area contributed by atoms with Gasteiger partial charge in [0.2, 0.25) is 0 Å². The number of anilines is 1. The van der Waals surface area contributed by atoms with E-state index in [9.17, 15) is 0 Å². The van der Waals surface area contributed by atoms with E-state index in [1.807, 2.05) is 48.5 Å². The zero-order valence-electron chi connectivity index (χ0n) is 9.79. The molecule has 0 aliphatic heterocycles. The lowest BCUT2D eigenvalue weighted by molar-refractivity contribution is 0.779. The Morgan fingerprint density at radius 2 is 1.33 bits per heavy atom. The van der Waals surface area contributed by atoms with Crippen LogP contribution in [-0.4, -0.2) is 6.54 Å². The zero-order valence-corrected chi connectivity index (χ0v) is 11.3. The summed E-state index contributed by atoms with van der Waals surface area (Å²) in [4.78, 5) is 0. The Morgan fingerprint density at radius 1 is 0.778 bits per heavy atom. The van der Waals surface area contributed by atoms with E-state index in [0.717, 1.165) is 28.7 Å². The second-order valence-corrected chi connectivity index (χ2v) is 4.81. The van der Waals surface area contributed by atoms with Crippen LogP contribution in [0.1, 0.15) is 5.56 Å². The van der Waals surface area contributed by atoms with Gasteiger partial charge in [0.1, 0.15) is 0 Å². The molecule has 2 aromatic rings. The Labute approximate surface area is 117 Å². The monoisotopic (exact) mass is 280 g/mol. The highest BCUT2D eigenvalue weighted by molar-refractivity contribution is 6.30. The van der Waals surface area contributed by atoms with E-state index in [1.165, 1.54) is 5.56 Å². The Kier molecular flexibility index (Phi) is 4.88. The van der Waals surface area contributed by atoms with Gasteiger partial charge in [0, 0.05) is 22.3 Å². The fraction of sp³-hybridized carbons (Fsp3) is 0.143. The lowest BCUT2D eigenvalue weighted by atomic mass is 10.1. The lowest BCUT2D eigenvalue weighted by Crippen LogP contribution is -2.23. The van der Waals surface area contributed by atoms with E-state index < -0.39 is 0 Å².